The maximum Gasteiger partial charge on any atom is 0.247 e. The Hall–Kier alpha value is -2.94. The summed E-state index contributed by atoms with van der Waals surface area (Å²) in [5.74, 6) is -0.173. The Morgan fingerprint density at radius 3 is 2.64 bits per heavy atom. The Morgan fingerprint density at radius 2 is 1.88 bits per heavy atom. The lowest BCUT2D eigenvalue weighted by Crippen LogP contribution is -2.42. The van der Waals surface area contributed by atoms with Crippen molar-refractivity contribution >= 4 is 15.7 Å². The van der Waals surface area contributed by atoms with Crippen molar-refractivity contribution in [2.45, 2.75) is 23.4 Å². The molecule has 8 heteroatoms. The Kier molecular flexibility index (Phi) is 5.60. The van der Waals surface area contributed by atoms with Crippen LogP contribution in [-0.2, 0) is 10.0 Å². The van der Waals surface area contributed by atoms with Gasteiger partial charge < -0.3 is 15.2 Å². The summed E-state index contributed by atoms with van der Waals surface area (Å²) in [6.07, 6.45) is 0.598. The number of para-hydroxylation sites is 1. The van der Waals surface area contributed by atoms with Gasteiger partial charge in [0.1, 0.15) is 16.5 Å². The fraction of sp³-hybridized carbons (Fsp3) is 0.280. The van der Waals surface area contributed by atoms with Gasteiger partial charge in [0.15, 0.2) is 0 Å². The molecule has 3 aromatic carbocycles. The van der Waals surface area contributed by atoms with Crippen LogP contribution in [0.25, 0.3) is 11.1 Å². The van der Waals surface area contributed by atoms with Crippen LogP contribution < -0.4 is 10.1 Å². The van der Waals surface area contributed by atoms with Crippen LogP contribution in [0.4, 0.5) is 10.1 Å². The van der Waals surface area contributed by atoms with Crippen LogP contribution in [0.1, 0.15) is 18.0 Å². The molecular formula is C25H25FN2O4S. The Morgan fingerprint density at radius 1 is 1.12 bits per heavy atom. The molecular weight excluding hydrogens is 443 g/mol. The van der Waals surface area contributed by atoms with E-state index in [1.807, 2.05) is 18.2 Å². The first-order valence-corrected chi connectivity index (χ1v) is 12.3. The molecule has 2 N–H and O–H groups in total. The van der Waals surface area contributed by atoms with E-state index in [0.717, 1.165) is 11.3 Å². The Balaban J connectivity index is 1.64. The second kappa shape index (κ2) is 8.44. The molecule has 2 aliphatic heterocycles. The summed E-state index contributed by atoms with van der Waals surface area (Å²) < 4.78 is 48.9. The second-order valence-corrected chi connectivity index (χ2v) is 10.2. The van der Waals surface area contributed by atoms with E-state index in [2.05, 4.69) is 5.32 Å². The minimum absolute atomic E-state index is 0.110. The number of halogens is 1. The molecule has 1 fully saturated rings. The molecule has 0 aliphatic carbocycles. The summed E-state index contributed by atoms with van der Waals surface area (Å²) in [6.45, 7) is 0.204. The largest absolute Gasteiger partial charge is 0.495 e. The average molecular weight is 469 g/mol. The van der Waals surface area contributed by atoms with Crippen LogP contribution in [-0.4, -0.2) is 44.1 Å². The van der Waals surface area contributed by atoms with Crippen LogP contribution in [0.5, 0.6) is 5.75 Å². The number of ether oxygens (including phenoxy) is 1. The van der Waals surface area contributed by atoms with E-state index in [4.69, 9.17) is 4.74 Å². The number of hydrogen-bond donors (Lipinski definition) is 2. The minimum Gasteiger partial charge on any atom is -0.495 e. The van der Waals surface area contributed by atoms with E-state index < -0.39 is 16.1 Å². The zero-order valence-electron chi connectivity index (χ0n) is 18.1. The number of hydrogen-bond acceptors (Lipinski definition) is 5. The number of nitrogens with zero attached hydrogens (tertiary/aromatic N) is 1. The maximum atomic E-state index is 14.5. The fourth-order valence-corrected chi connectivity index (χ4v) is 6.93. The van der Waals surface area contributed by atoms with Gasteiger partial charge in [-0.3, -0.25) is 0 Å². The first-order chi connectivity index (χ1) is 16.0. The lowest BCUT2D eigenvalue weighted by atomic mass is 9.82. The number of methoxy groups -OCH3 is 1. The molecule has 0 aromatic heterocycles. The molecule has 5 rings (SSSR count). The number of anilines is 1. The predicted molar refractivity (Wildman–Crippen MR) is 124 cm³/mol. The van der Waals surface area contributed by atoms with Crippen molar-refractivity contribution in [3.63, 3.8) is 0 Å². The van der Waals surface area contributed by atoms with Crippen LogP contribution in [0.15, 0.2) is 71.6 Å². The lowest BCUT2D eigenvalue weighted by molar-refractivity contribution is 0.210. The highest BCUT2D eigenvalue weighted by Crippen LogP contribution is 2.49. The summed E-state index contributed by atoms with van der Waals surface area (Å²) in [7, 11) is -2.44. The van der Waals surface area contributed by atoms with Crippen molar-refractivity contribution in [2.24, 2.45) is 5.92 Å². The first kappa shape index (κ1) is 21.9. The number of aliphatic hydroxyl groups excluding tert-OH is 1. The van der Waals surface area contributed by atoms with Gasteiger partial charge in [-0.05, 0) is 47.9 Å². The third-order valence-electron chi connectivity index (χ3n) is 6.66. The van der Waals surface area contributed by atoms with Crippen LogP contribution in [0, 0.1) is 11.7 Å². The number of aliphatic hydroxyl groups is 1. The quantitative estimate of drug-likeness (QED) is 0.591. The van der Waals surface area contributed by atoms with E-state index in [0.29, 0.717) is 24.1 Å². The molecule has 172 valence electrons. The highest BCUT2D eigenvalue weighted by atomic mass is 32.2. The molecule has 2 aliphatic rings. The summed E-state index contributed by atoms with van der Waals surface area (Å²) in [6, 6.07) is 17.8. The van der Waals surface area contributed by atoms with Gasteiger partial charge >= 0.3 is 0 Å². The third kappa shape index (κ3) is 3.58. The van der Waals surface area contributed by atoms with Gasteiger partial charge in [0, 0.05) is 23.7 Å². The summed E-state index contributed by atoms with van der Waals surface area (Å²) in [5, 5.41) is 13.4. The van der Waals surface area contributed by atoms with Gasteiger partial charge in [-0.2, -0.15) is 4.31 Å². The fourth-order valence-electron chi connectivity index (χ4n) is 5.11. The summed E-state index contributed by atoms with van der Waals surface area (Å²) in [5.41, 5.74) is 2.66. The molecule has 0 bridgehead atoms. The number of nitrogens with one attached hydrogen (secondary N) is 1. The third-order valence-corrected chi connectivity index (χ3v) is 8.58. The molecule has 33 heavy (non-hydrogen) atoms. The molecule has 1 saturated heterocycles. The van der Waals surface area contributed by atoms with Gasteiger partial charge in [-0.25, -0.2) is 12.8 Å². The van der Waals surface area contributed by atoms with E-state index in [9.17, 15) is 17.9 Å². The van der Waals surface area contributed by atoms with Crippen molar-refractivity contribution in [3.8, 4) is 16.9 Å². The van der Waals surface area contributed by atoms with Gasteiger partial charge in [0.2, 0.25) is 10.0 Å². The number of fused-ring (bicyclic) bond motifs is 3. The lowest BCUT2D eigenvalue weighted by Gasteiger charge is -2.39. The number of benzene rings is 3. The van der Waals surface area contributed by atoms with Crippen molar-refractivity contribution in [2.75, 3.05) is 25.6 Å². The van der Waals surface area contributed by atoms with Crippen LogP contribution in [0.2, 0.25) is 0 Å². The molecule has 0 spiro atoms. The van der Waals surface area contributed by atoms with E-state index in [1.54, 1.807) is 42.5 Å². The van der Waals surface area contributed by atoms with Gasteiger partial charge in [-0.1, -0.05) is 36.4 Å². The highest BCUT2D eigenvalue weighted by Gasteiger charge is 2.49. The molecule has 6 nitrogen and oxygen atoms in total. The standard InChI is InChI=1S/C25H25FN2O4S/c1-32-23-8-4-5-9-24(23)33(30,31)28-13-12-18-22(15-29)27-21-11-10-16(14-19(21)25(18)28)17-6-2-3-7-20(17)26/h2-11,14,18,22,25,27,29H,12-13,15H2,1H3/t18-,22+,25-/m0/s1. The maximum absolute atomic E-state index is 14.5. The highest BCUT2D eigenvalue weighted by molar-refractivity contribution is 7.89. The summed E-state index contributed by atoms with van der Waals surface area (Å²) in [4.78, 5) is 0.110. The van der Waals surface area contributed by atoms with Gasteiger partial charge in [-0.15, -0.1) is 0 Å². The number of sulfonamides is 1. The topological polar surface area (TPSA) is 78.9 Å². The summed E-state index contributed by atoms with van der Waals surface area (Å²) >= 11 is 0. The molecule has 2 heterocycles. The van der Waals surface area contributed by atoms with E-state index in [-0.39, 0.29) is 35.0 Å². The zero-order chi connectivity index (χ0) is 23.2. The van der Waals surface area contributed by atoms with Crippen molar-refractivity contribution in [1.82, 2.24) is 4.31 Å². The molecule has 0 unspecified atom stereocenters. The van der Waals surface area contributed by atoms with Crippen molar-refractivity contribution in [1.29, 1.82) is 0 Å². The van der Waals surface area contributed by atoms with Gasteiger partial charge in [0.25, 0.3) is 0 Å². The zero-order valence-corrected chi connectivity index (χ0v) is 18.9. The normalized spacial score (nSPS) is 22.3. The van der Waals surface area contributed by atoms with Crippen molar-refractivity contribution < 1.29 is 22.7 Å². The van der Waals surface area contributed by atoms with Crippen LogP contribution >= 0.6 is 0 Å². The SMILES string of the molecule is COc1ccccc1S(=O)(=O)N1CC[C@@H]2[C@H]1c1cc(-c3ccccc3F)ccc1N[C@@H]2CO. The molecule has 0 amide bonds. The van der Waals surface area contributed by atoms with Crippen molar-refractivity contribution in [3.05, 3.63) is 78.1 Å². The molecule has 3 aromatic rings. The minimum atomic E-state index is -3.89. The predicted octanol–water partition coefficient (Wildman–Crippen LogP) is 4.04. The molecule has 3 atom stereocenters. The first-order valence-electron chi connectivity index (χ1n) is 10.9. The Labute approximate surface area is 192 Å². The van der Waals surface area contributed by atoms with Gasteiger partial charge in [0.05, 0.1) is 25.8 Å². The molecule has 0 saturated carbocycles. The monoisotopic (exact) mass is 468 g/mol. The van der Waals surface area contributed by atoms with E-state index in [1.165, 1.54) is 17.5 Å². The second-order valence-electron chi connectivity index (χ2n) is 8.38. The smallest absolute Gasteiger partial charge is 0.247 e. The van der Waals surface area contributed by atoms with Crippen LogP contribution in [0.3, 0.4) is 0 Å². The molecule has 0 radical (unpaired) electrons. The van der Waals surface area contributed by atoms with E-state index >= 15 is 0 Å². The Bertz CT molecular complexity index is 1300. The average Bonchev–Trinajstić information content (AvgIpc) is 3.30. The number of rotatable bonds is 5.